The van der Waals surface area contributed by atoms with E-state index >= 15 is 0 Å². The molecule has 3 nitrogen and oxygen atoms in total. The van der Waals surface area contributed by atoms with Crippen molar-refractivity contribution in [2.75, 3.05) is 0 Å². The van der Waals surface area contributed by atoms with Crippen LogP contribution in [-0.2, 0) is 0 Å². The normalized spacial score (nSPS) is 10.8. The van der Waals surface area contributed by atoms with Crippen LogP contribution in [0.1, 0.15) is 33.4 Å². The molecule has 3 aromatic carbocycles. The van der Waals surface area contributed by atoms with Crippen molar-refractivity contribution in [1.82, 2.24) is 0 Å². The van der Waals surface area contributed by atoms with Crippen molar-refractivity contribution in [2.24, 2.45) is 0 Å². The van der Waals surface area contributed by atoms with E-state index in [0.717, 1.165) is 17.2 Å². The van der Waals surface area contributed by atoms with E-state index in [1.54, 1.807) is 0 Å². The van der Waals surface area contributed by atoms with Crippen molar-refractivity contribution in [3.05, 3.63) is 88.0 Å². The first-order chi connectivity index (χ1) is 13.3. The van der Waals surface area contributed by atoms with Crippen LogP contribution < -0.4 is 8.44 Å². The van der Waals surface area contributed by atoms with Crippen LogP contribution in [-0.4, -0.2) is 23.1 Å². The molecule has 0 atom stereocenters. The molecule has 3 aromatic rings. The second kappa shape index (κ2) is 8.96. The van der Waals surface area contributed by atoms with Crippen molar-refractivity contribution >= 4 is 23.1 Å². The van der Waals surface area contributed by atoms with Gasteiger partial charge in [-0.1, -0.05) is 0 Å². The molecule has 0 fully saturated rings. The molecule has 0 aliphatic rings. The molecule has 0 aliphatic carbocycles. The number of rotatable bonds is 6. The number of hydrogen-bond donors (Lipinski definition) is 0. The minimum absolute atomic E-state index is 0.800. The molecule has 3 rings (SSSR count). The molecular formula is C24H27BiO3. The predicted molar refractivity (Wildman–Crippen MR) is 115 cm³/mol. The van der Waals surface area contributed by atoms with Crippen LogP contribution in [0, 0.1) is 41.5 Å². The maximum absolute atomic E-state index is 6.26. The van der Waals surface area contributed by atoms with Crippen molar-refractivity contribution in [3.8, 4) is 17.2 Å². The summed E-state index contributed by atoms with van der Waals surface area (Å²) in [5.74, 6) is 2.40. The van der Waals surface area contributed by atoms with Crippen LogP contribution in [0.2, 0.25) is 0 Å². The van der Waals surface area contributed by atoms with Crippen molar-refractivity contribution in [1.29, 1.82) is 0 Å². The summed E-state index contributed by atoms with van der Waals surface area (Å²) >= 11 is -3.28. The van der Waals surface area contributed by atoms with Gasteiger partial charge in [0.1, 0.15) is 0 Å². The topological polar surface area (TPSA) is 27.7 Å². The molecule has 0 heterocycles. The van der Waals surface area contributed by atoms with Crippen molar-refractivity contribution in [3.63, 3.8) is 0 Å². The van der Waals surface area contributed by atoms with E-state index in [9.17, 15) is 0 Å². The van der Waals surface area contributed by atoms with Gasteiger partial charge in [-0.05, 0) is 0 Å². The van der Waals surface area contributed by atoms with Crippen molar-refractivity contribution in [2.45, 2.75) is 41.5 Å². The second-order valence-electron chi connectivity index (χ2n) is 7.24. The Bertz CT molecular complexity index is 854. The number of aryl methyl sites for hydroxylation is 6. The monoisotopic (exact) mass is 572 g/mol. The van der Waals surface area contributed by atoms with E-state index in [1.807, 2.05) is 36.4 Å². The van der Waals surface area contributed by atoms with E-state index in [2.05, 4.69) is 59.7 Å². The van der Waals surface area contributed by atoms with Gasteiger partial charge in [0.2, 0.25) is 0 Å². The van der Waals surface area contributed by atoms with Gasteiger partial charge >= 0.3 is 178 Å². The molecule has 0 unspecified atom stereocenters. The SMILES string of the molecule is Cc1ccc([O][Bi]([O]c2ccc(C)c(C)c2)[O]c2ccc(C)c(C)c2)cc1C. The molecule has 0 N–H and O–H groups in total. The second-order valence-corrected chi connectivity index (χ2v) is 11.1. The molecule has 0 amide bonds. The summed E-state index contributed by atoms with van der Waals surface area (Å²) in [7, 11) is 0. The first kappa shape index (κ1) is 20.7. The summed E-state index contributed by atoms with van der Waals surface area (Å²) < 4.78 is 18.8. The van der Waals surface area contributed by atoms with Gasteiger partial charge in [-0.3, -0.25) is 0 Å². The average molecular weight is 572 g/mol. The first-order valence-corrected chi connectivity index (χ1v) is 13.6. The molecule has 0 spiro atoms. The fraction of sp³-hybridized carbons (Fsp3) is 0.250. The van der Waals surface area contributed by atoms with Gasteiger partial charge < -0.3 is 0 Å². The van der Waals surface area contributed by atoms with Crippen LogP contribution in [0.4, 0.5) is 0 Å². The third-order valence-corrected chi connectivity index (χ3v) is 9.17. The van der Waals surface area contributed by atoms with E-state index in [4.69, 9.17) is 8.44 Å². The predicted octanol–water partition coefficient (Wildman–Crippen LogP) is 6.06. The fourth-order valence-electron chi connectivity index (χ4n) is 2.63. The van der Waals surface area contributed by atoms with E-state index in [-0.39, 0.29) is 0 Å². The third kappa shape index (κ3) is 5.26. The van der Waals surface area contributed by atoms with Crippen LogP contribution in [0.5, 0.6) is 17.2 Å². The number of benzene rings is 3. The Labute approximate surface area is 177 Å². The van der Waals surface area contributed by atoms with Gasteiger partial charge in [-0.2, -0.15) is 0 Å². The number of hydrogen-bond acceptors (Lipinski definition) is 3. The Balaban J connectivity index is 1.86. The Hall–Kier alpha value is -2.06. The molecule has 0 aromatic heterocycles. The Morgan fingerprint density at radius 2 is 0.714 bits per heavy atom. The molecule has 4 heteroatoms. The van der Waals surface area contributed by atoms with E-state index in [0.29, 0.717) is 0 Å². The van der Waals surface area contributed by atoms with Gasteiger partial charge in [0.05, 0.1) is 0 Å². The van der Waals surface area contributed by atoms with Crippen LogP contribution in [0.25, 0.3) is 0 Å². The molecule has 0 saturated carbocycles. The zero-order valence-electron chi connectivity index (χ0n) is 17.4. The maximum atomic E-state index is 6.26. The molecule has 0 radical (unpaired) electrons. The van der Waals surface area contributed by atoms with Gasteiger partial charge in [-0.15, -0.1) is 0 Å². The zero-order chi connectivity index (χ0) is 20.3. The van der Waals surface area contributed by atoms with Crippen LogP contribution >= 0.6 is 0 Å². The Morgan fingerprint density at radius 1 is 0.429 bits per heavy atom. The van der Waals surface area contributed by atoms with Crippen LogP contribution in [0.15, 0.2) is 54.6 Å². The standard InChI is InChI=1S/3C8H10O.Bi/c3*1-6-3-4-8(9)5-7(6)2;/h3*3-5,9H,1-2H3;/q;;;+3/p-3. The fourth-order valence-corrected chi connectivity index (χ4v) is 6.39. The Morgan fingerprint density at radius 3 is 0.964 bits per heavy atom. The first-order valence-electron chi connectivity index (χ1n) is 9.37. The third-order valence-electron chi connectivity index (χ3n) is 4.97. The van der Waals surface area contributed by atoms with Gasteiger partial charge in [-0.25, -0.2) is 0 Å². The average Bonchev–Trinajstić information content (AvgIpc) is 2.64. The zero-order valence-corrected chi connectivity index (χ0v) is 20.8. The van der Waals surface area contributed by atoms with Gasteiger partial charge in [0.15, 0.2) is 0 Å². The van der Waals surface area contributed by atoms with Gasteiger partial charge in [0.25, 0.3) is 0 Å². The molecule has 0 aliphatic heterocycles. The summed E-state index contributed by atoms with van der Waals surface area (Å²) in [5, 5.41) is 0. The van der Waals surface area contributed by atoms with E-state index < -0.39 is 23.1 Å². The minimum atomic E-state index is -3.28. The van der Waals surface area contributed by atoms with Gasteiger partial charge in [0, 0.05) is 0 Å². The van der Waals surface area contributed by atoms with Crippen molar-refractivity contribution < 1.29 is 8.44 Å². The van der Waals surface area contributed by atoms with E-state index in [1.165, 1.54) is 33.4 Å². The summed E-state index contributed by atoms with van der Waals surface area (Å²) in [6, 6.07) is 18.3. The quantitative estimate of drug-likeness (QED) is 0.337. The molecular weight excluding hydrogens is 545 g/mol. The molecule has 0 bridgehead atoms. The summed E-state index contributed by atoms with van der Waals surface area (Å²) in [6.45, 7) is 12.5. The summed E-state index contributed by atoms with van der Waals surface area (Å²) in [4.78, 5) is 0. The Kier molecular flexibility index (Phi) is 6.62. The molecule has 146 valence electrons. The molecule has 28 heavy (non-hydrogen) atoms. The van der Waals surface area contributed by atoms with Crippen LogP contribution in [0.3, 0.4) is 0 Å². The molecule has 0 saturated heterocycles. The summed E-state index contributed by atoms with van der Waals surface area (Å²) in [5.41, 5.74) is 7.30. The summed E-state index contributed by atoms with van der Waals surface area (Å²) in [6.07, 6.45) is 0.